The number of hydrogen-bond donors (Lipinski definition) is 2. The van der Waals surface area contributed by atoms with E-state index in [1.54, 1.807) is 10.8 Å². The molecule has 1 aliphatic carbocycles. The lowest BCUT2D eigenvalue weighted by atomic mass is 10.1. The van der Waals surface area contributed by atoms with Gasteiger partial charge in [0.1, 0.15) is 5.69 Å². The molecule has 116 valence electrons. The number of rotatable bonds is 3. The molecule has 4 nitrogen and oxygen atoms in total. The number of H-pyrrole nitrogens is 1. The van der Waals surface area contributed by atoms with Crippen molar-refractivity contribution in [3.8, 4) is 5.69 Å². The molecule has 3 rings (SSSR count). The Labute approximate surface area is 135 Å². The monoisotopic (exact) mass is 315 g/mol. The fraction of sp³-hybridized carbons (Fsp3) is 0.412. The highest BCUT2D eigenvalue weighted by Crippen LogP contribution is 2.18. The summed E-state index contributed by atoms with van der Waals surface area (Å²) >= 11 is 5.33. The van der Waals surface area contributed by atoms with Crippen molar-refractivity contribution in [1.29, 1.82) is 0 Å². The molecule has 0 unspecified atom stereocenters. The van der Waals surface area contributed by atoms with Crippen LogP contribution in [0.4, 0.5) is 0 Å². The van der Waals surface area contributed by atoms with Crippen molar-refractivity contribution in [1.82, 2.24) is 14.9 Å². The standard InChI is InChI=1S/C17H21N3OS/c21-16(19-13-8-4-1-2-5-9-13)15-12-18-17(22)20(15)14-10-6-3-7-11-14/h3,6-7,10-13H,1-2,4-5,8-9H2,(H,18,22)(H,19,21). The molecule has 0 aliphatic heterocycles. The van der Waals surface area contributed by atoms with Crippen molar-refractivity contribution in [2.75, 3.05) is 0 Å². The number of nitrogens with zero attached hydrogens (tertiary/aromatic N) is 1. The van der Waals surface area contributed by atoms with E-state index < -0.39 is 0 Å². The van der Waals surface area contributed by atoms with Crippen LogP contribution >= 0.6 is 12.2 Å². The van der Waals surface area contributed by atoms with E-state index in [0.717, 1.165) is 18.5 Å². The van der Waals surface area contributed by atoms with Gasteiger partial charge in [-0.3, -0.25) is 9.36 Å². The molecule has 2 N–H and O–H groups in total. The predicted octanol–water partition coefficient (Wildman–Crippen LogP) is 3.99. The Morgan fingerprint density at radius 1 is 1.14 bits per heavy atom. The molecule has 1 amide bonds. The highest BCUT2D eigenvalue weighted by molar-refractivity contribution is 7.71. The molecule has 0 atom stereocenters. The number of aromatic nitrogens is 2. The number of imidazole rings is 1. The average Bonchev–Trinajstić information content (AvgIpc) is 2.75. The molecule has 0 bridgehead atoms. The van der Waals surface area contributed by atoms with Crippen LogP contribution in [0.2, 0.25) is 0 Å². The molecule has 0 radical (unpaired) electrons. The van der Waals surface area contributed by atoms with Crippen molar-refractivity contribution >= 4 is 18.1 Å². The Kier molecular flexibility index (Phi) is 4.73. The number of hydrogen-bond acceptors (Lipinski definition) is 2. The lowest BCUT2D eigenvalue weighted by Crippen LogP contribution is -2.35. The summed E-state index contributed by atoms with van der Waals surface area (Å²) in [4.78, 5) is 15.6. The molecule has 5 heteroatoms. The fourth-order valence-electron chi connectivity index (χ4n) is 3.05. The van der Waals surface area contributed by atoms with Crippen molar-refractivity contribution in [2.24, 2.45) is 0 Å². The minimum atomic E-state index is -0.0527. The SMILES string of the molecule is O=C(NC1CCCCCC1)c1c[nH]c(=S)n1-c1ccccc1. The zero-order valence-electron chi connectivity index (χ0n) is 12.5. The Balaban J connectivity index is 1.83. The average molecular weight is 315 g/mol. The summed E-state index contributed by atoms with van der Waals surface area (Å²) in [6, 6.07) is 10.0. The van der Waals surface area contributed by atoms with Crippen LogP contribution in [0.25, 0.3) is 5.69 Å². The van der Waals surface area contributed by atoms with Crippen LogP contribution in [0.1, 0.15) is 49.0 Å². The molecular formula is C17H21N3OS. The lowest BCUT2D eigenvalue weighted by molar-refractivity contribution is 0.0926. The quantitative estimate of drug-likeness (QED) is 0.665. The topological polar surface area (TPSA) is 49.8 Å². The van der Waals surface area contributed by atoms with E-state index in [9.17, 15) is 4.79 Å². The number of para-hydroxylation sites is 1. The van der Waals surface area contributed by atoms with E-state index in [1.165, 1.54) is 25.7 Å². The number of nitrogens with one attached hydrogen (secondary N) is 2. The number of aromatic amines is 1. The first kappa shape index (κ1) is 15.0. The third-order valence-electron chi connectivity index (χ3n) is 4.21. The maximum Gasteiger partial charge on any atom is 0.270 e. The van der Waals surface area contributed by atoms with Crippen molar-refractivity contribution in [2.45, 2.75) is 44.6 Å². The van der Waals surface area contributed by atoms with Crippen molar-refractivity contribution < 1.29 is 4.79 Å². The predicted molar refractivity (Wildman–Crippen MR) is 89.9 cm³/mol. The third kappa shape index (κ3) is 3.30. The van der Waals surface area contributed by atoms with Gasteiger partial charge in [-0.1, -0.05) is 43.9 Å². The molecule has 1 saturated carbocycles. The van der Waals surface area contributed by atoms with Crippen LogP contribution in [0.3, 0.4) is 0 Å². The van der Waals surface area contributed by atoms with E-state index in [4.69, 9.17) is 12.2 Å². The number of amides is 1. The molecule has 22 heavy (non-hydrogen) atoms. The maximum absolute atomic E-state index is 12.6. The molecule has 1 aromatic heterocycles. The van der Waals surface area contributed by atoms with Gasteiger partial charge < -0.3 is 10.3 Å². The first-order chi connectivity index (χ1) is 10.8. The van der Waals surface area contributed by atoms with Gasteiger partial charge in [0.05, 0.1) is 0 Å². The Hall–Kier alpha value is -1.88. The van der Waals surface area contributed by atoms with Crippen LogP contribution in [0.15, 0.2) is 36.5 Å². The molecule has 1 aromatic carbocycles. The second kappa shape index (κ2) is 6.92. The van der Waals surface area contributed by atoms with Gasteiger partial charge in [-0.2, -0.15) is 0 Å². The van der Waals surface area contributed by atoms with Gasteiger partial charge in [-0.15, -0.1) is 0 Å². The van der Waals surface area contributed by atoms with Crippen LogP contribution in [0, 0.1) is 4.77 Å². The zero-order valence-corrected chi connectivity index (χ0v) is 13.4. The van der Waals surface area contributed by atoms with E-state index in [1.807, 2.05) is 30.3 Å². The minimum Gasteiger partial charge on any atom is -0.348 e. The summed E-state index contributed by atoms with van der Waals surface area (Å²) in [7, 11) is 0. The first-order valence-corrected chi connectivity index (χ1v) is 8.33. The lowest BCUT2D eigenvalue weighted by Gasteiger charge is -2.16. The van der Waals surface area contributed by atoms with Crippen molar-refractivity contribution in [3.63, 3.8) is 0 Å². The molecule has 1 aliphatic rings. The van der Waals surface area contributed by atoms with Gasteiger partial charge >= 0.3 is 0 Å². The fourth-order valence-corrected chi connectivity index (χ4v) is 3.31. The summed E-state index contributed by atoms with van der Waals surface area (Å²) in [5.74, 6) is -0.0527. The molecule has 2 aromatic rings. The van der Waals surface area contributed by atoms with E-state index in [2.05, 4.69) is 10.3 Å². The van der Waals surface area contributed by atoms with E-state index in [0.29, 0.717) is 10.5 Å². The second-order valence-corrected chi connectivity index (χ2v) is 6.20. The summed E-state index contributed by atoms with van der Waals surface area (Å²) in [5.41, 5.74) is 1.47. The summed E-state index contributed by atoms with van der Waals surface area (Å²) in [6.45, 7) is 0. The van der Waals surface area contributed by atoms with Crippen LogP contribution < -0.4 is 5.32 Å². The Morgan fingerprint density at radius 3 is 2.50 bits per heavy atom. The maximum atomic E-state index is 12.6. The molecule has 1 fully saturated rings. The summed E-state index contributed by atoms with van der Waals surface area (Å²) < 4.78 is 2.33. The normalized spacial score (nSPS) is 16.2. The molecule has 0 spiro atoms. The summed E-state index contributed by atoms with van der Waals surface area (Å²) in [5, 5.41) is 3.17. The van der Waals surface area contributed by atoms with Crippen LogP contribution in [-0.4, -0.2) is 21.5 Å². The molecular weight excluding hydrogens is 294 g/mol. The molecule has 1 heterocycles. The Bertz CT molecular complexity index is 681. The largest absolute Gasteiger partial charge is 0.348 e. The van der Waals surface area contributed by atoms with Gasteiger partial charge in [0.25, 0.3) is 5.91 Å². The van der Waals surface area contributed by atoms with Gasteiger partial charge in [0.2, 0.25) is 0 Å². The second-order valence-electron chi connectivity index (χ2n) is 5.81. The van der Waals surface area contributed by atoms with Crippen molar-refractivity contribution in [3.05, 3.63) is 47.0 Å². The molecule has 0 saturated heterocycles. The Morgan fingerprint density at radius 2 is 1.82 bits per heavy atom. The van der Waals surface area contributed by atoms with Gasteiger partial charge in [0, 0.05) is 17.9 Å². The highest BCUT2D eigenvalue weighted by Gasteiger charge is 2.19. The minimum absolute atomic E-state index is 0.0527. The van der Waals surface area contributed by atoms with Gasteiger partial charge in [0.15, 0.2) is 4.77 Å². The van der Waals surface area contributed by atoms with Crippen LogP contribution in [-0.2, 0) is 0 Å². The number of carbonyl (C=O) groups is 1. The first-order valence-electron chi connectivity index (χ1n) is 7.92. The zero-order chi connectivity index (χ0) is 15.4. The smallest absolute Gasteiger partial charge is 0.270 e. The number of benzene rings is 1. The summed E-state index contributed by atoms with van der Waals surface area (Å²) in [6.07, 6.45) is 8.78. The highest BCUT2D eigenvalue weighted by atomic mass is 32.1. The van der Waals surface area contributed by atoms with E-state index >= 15 is 0 Å². The number of carbonyl (C=O) groups excluding carboxylic acids is 1. The van der Waals surface area contributed by atoms with E-state index in [-0.39, 0.29) is 11.9 Å². The van der Waals surface area contributed by atoms with Gasteiger partial charge in [-0.25, -0.2) is 0 Å². The third-order valence-corrected chi connectivity index (χ3v) is 4.51. The van der Waals surface area contributed by atoms with Crippen LogP contribution in [0.5, 0.6) is 0 Å². The van der Waals surface area contributed by atoms with Gasteiger partial charge in [-0.05, 0) is 37.2 Å².